The van der Waals surface area contributed by atoms with Crippen LogP contribution < -0.4 is 4.90 Å². The average molecular weight is 816 g/mol. The second kappa shape index (κ2) is 13.3. The molecule has 2 heterocycles. The first-order valence-corrected chi connectivity index (χ1v) is 22.0. The zero-order valence-corrected chi connectivity index (χ0v) is 34.6. The van der Waals surface area contributed by atoms with Crippen LogP contribution in [0.4, 0.5) is 17.1 Å². The highest BCUT2D eigenvalue weighted by Crippen LogP contribution is 2.63. The second-order valence-electron chi connectivity index (χ2n) is 17.1. The first-order valence-electron chi connectivity index (χ1n) is 22.0. The molecule has 0 amide bonds. The van der Waals surface area contributed by atoms with E-state index in [-0.39, 0.29) is 0 Å². The van der Waals surface area contributed by atoms with E-state index < -0.39 is 5.41 Å². The van der Waals surface area contributed by atoms with Gasteiger partial charge >= 0.3 is 0 Å². The maximum absolute atomic E-state index is 7.11. The Morgan fingerprint density at radius 3 is 1.56 bits per heavy atom. The fourth-order valence-corrected chi connectivity index (χ4v) is 11.3. The van der Waals surface area contributed by atoms with Crippen molar-refractivity contribution < 1.29 is 8.83 Å². The van der Waals surface area contributed by atoms with E-state index in [1.165, 1.54) is 55.6 Å². The lowest BCUT2D eigenvalue weighted by atomic mass is 9.70. The topological polar surface area (TPSA) is 29.5 Å². The van der Waals surface area contributed by atoms with Gasteiger partial charge in [0.2, 0.25) is 0 Å². The number of rotatable bonds is 5. The van der Waals surface area contributed by atoms with Gasteiger partial charge in [-0.2, -0.15) is 0 Å². The summed E-state index contributed by atoms with van der Waals surface area (Å²) in [6.07, 6.45) is 0. The summed E-state index contributed by atoms with van der Waals surface area (Å²) in [5, 5.41) is 4.16. The number of hydrogen-bond donors (Lipinski definition) is 0. The van der Waals surface area contributed by atoms with Crippen molar-refractivity contribution in [2.24, 2.45) is 0 Å². The predicted molar refractivity (Wildman–Crippen MR) is 263 cm³/mol. The fourth-order valence-electron chi connectivity index (χ4n) is 11.3. The molecule has 0 atom stereocenters. The van der Waals surface area contributed by atoms with Crippen molar-refractivity contribution in [2.45, 2.75) is 5.41 Å². The van der Waals surface area contributed by atoms with Gasteiger partial charge in [-0.1, -0.05) is 176 Å². The summed E-state index contributed by atoms with van der Waals surface area (Å²) < 4.78 is 13.8. The molecule has 2 aliphatic rings. The molecule has 0 radical (unpaired) electrons. The fraction of sp³-hybridized carbons (Fsp3) is 0.0164. The lowest BCUT2D eigenvalue weighted by molar-refractivity contribution is 0.664. The standard InChI is InChI=1S/C61H37NO2/c1-3-16-38(17-4-1)39-30-32-41(33-31-39)62(42-34-35-46-45-22-9-13-26-51(45)61(52(46)36-42)49-24-11-7-20-43(49)44-21-8-12-25-50(44)61)53-27-15-29-55-58(53)48-37-56-59(47-23-10-14-28-54(47)63-56)57(60(48)64-55)40-18-5-2-6-19-40/h1-37H. The van der Waals surface area contributed by atoms with Crippen LogP contribution in [0.3, 0.4) is 0 Å². The van der Waals surface area contributed by atoms with Crippen LogP contribution >= 0.6 is 0 Å². The molecule has 10 aromatic carbocycles. The maximum Gasteiger partial charge on any atom is 0.144 e. The molecule has 0 N–H and O–H groups in total. The van der Waals surface area contributed by atoms with Gasteiger partial charge in [0.1, 0.15) is 22.3 Å². The third-order valence-corrected chi connectivity index (χ3v) is 13.9. The van der Waals surface area contributed by atoms with Gasteiger partial charge in [-0.05, 0) is 110 Å². The molecule has 3 heteroatoms. The molecule has 298 valence electrons. The Hall–Kier alpha value is -8.40. The van der Waals surface area contributed by atoms with Crippen LogP contribution in [0.15, 0.2) is 233 Å². The predicted octanol–water partition coefficient (Wildman–Crippen LogP) is 16.6. The number of anilines is 3. The molecule has 0 bridgehead atoms. The summed E-state index contributed by atoms with van der Waals surface area (Å²) in [6.45, 7) is 0. The zero-order chi connectivity index (χ0) is 41.9. The van der Waals surface area contributed by atoms with Crippen molar-refractivity contribution in [3.63, 3.8) is 0 Å². The largest absolute Gasteiger partial charge is 0.456 e. The number of furan rings is 2. The van der Waals surface area contributed by atoms with Gasteiger partial charge in [0, 0.05) is 33.1 Å². The molecule has 1 spiro atoms. The molecular formula is C61H37NO2. The first kappa shape index (κ1) is 35.2. The lowest BCUT2D eigenvalue weighted by Gasteiger charge is -2.32. The first-order chi connectivity index (χ1) is 31.8. The molecular weight excluding hydrogens is 779 g/mol. The molecule has 0 unspecified atom stereocenters. The molecule has 3 nitrogen and oxygen atoms in total. The van der Waals surface area contributed by atoms with Crippen molar-refractivity contribution in [3.8, 4) is 44.5 Å². The highest BCUT2D eigenvalue weighted by atomic mass is 16.3. The van der Waals surface area contributed by atoms with Gasteiger partial charge in [-0.3, -0.25) is 0 Å². The van der Waals surface area contributed by atoms with Crippen molar-refractivity contribution in [2.75, 3.05) is 4.90 Å². The van der Waals surface area contributed by atoms with E-state index in [4.69, 9.17) is 8.83 Å². The Morgan fingerprint density at radius 1 is 0.328 bits per heavy atom. The summed E-state index contributed by atoms with van der Waals surface area (Å²) >= 11 is 0. The van der Waals surface area contributed by atoms with Gasteiger partial charge in [-0.25, -0.2) is 0 Å². The van der Waals surface area contributed by atoms with E-state index >= 15 is 0 Å². The number of benzene rings is 10. The Kier molecular flexibility index (Phi) is 7.32. The van der Waals surface area contributed by atoms with E-state index in [1.807, 2.05) is 6.07 Å². The SMILES string of the molecule is c1ccc(-c2ccc(N(c3ccc4c(c3)C3(c5ccccc5-c5ccccc53)c3ccccc3-4)c3cccc4oc5c(-c6ccccc6)c6c(cc5c34)oc3ccccc36)cc2)cc1. The second-order valence-corrected chi connectivity index (χ2v) is 17.1. The zero-order valence-electron chi connectivity index (χ0n) is 34.6. The third kappa shape index (κ3) is 4.76. The molecule has 12 aromatic rings. The molecule has 64 heavy (non-hydrogen) atoms. The summed E-state index contributed by atoms with van der Waals surface area (Å²) in [5.74, 6) is 0. The van der Waals surface area contributed by atoms with Crippen LogP contribution in [0.5, 0.6) is 0 Å². The molecule has 0 aliphatic heterocycles. The van der Waals surface area contributed by atoms with Crippen molar-refractivity contribution in [1.29, 1.82) is 0 Å². The number of para-hydroxylation sites is 1. The Labute approximate surface area is 369 Å². The third-order valence-electron chi connectivity index (χ3n) is 13.9. The Morgan fingerprint density at radius 2 is 0.875 bits per heavy atom. The summed E-state index contributed by atoms with van der Waals surface area (Å²) in [4.78, 5) is 2.43. The van der Waals surface area contributed by atoms with Crippen LogP contribution in [-0.4, -0.2) is 0 Å². The summed E-state index contributed by atoms with van der Waals surface area (Å²) in [6, 6.07) is 81.3. The van der Waals surface area contributed by atoms with Crippen LogP contribution in [0.1, 0.15) is 22.3 Å². The van der Waals surface area contributed by atoms with Gasteiger partial charge in [0.25, 0.3) is 0 Å². The highest BCUT2D eigenvalue weighted by molar-refractivity contribution is 6.25. The Bertz CT molecular complexity index is 3780. The Balaban J connectivity index is 1.07. The van der Waals surface area contributed by atoms with E-state index in [0.29, 0.717) is 0 Å². The van der Waals surface area contributed by atoms with E-state index in [1.54, 1.807) is 0 Å². The minimum Gasteiger partial charge on any atom is -0.456 e. The smallest absolute Gasteiger partial charge is 0.144 e. The van der Waals surface area contributed by atoms with Gasteiger partial charge < -0.3 is 13.7 Å². The molecule has 2 aromatic heterocycles. The maximum atomic E-state index is 7.11. The minimum absolute atomic E-state index is 0.482. The lowest BCUT2D eigenvalue weighted by Crippen LogP contribution is -2.26. The van der Waals surface area contributed by atoms with E-state index in [2.05, 4.69) is 223 Å². The summed E-state index contributed by atoms with van der Waals surface area (Å²) in [5.41, 5.74) is 20.8. The van der Waals surface area contributed by atoms with Crippen LogP contribution in [0.2, 0.25) is 0 Å². The molecule has 0 fully saturated rings. The number of fused-ring (bicyclic) bond motifs is 16. The van der Waals surface area contributed by atoms with Crippen LogP contribution in [-0.2, 0) is 5.41 Å². The van der Waals surface area contributed by atoms with Gasteiger partial charge in [-0.15, -0.1) is 0 Å². The summed E-state index contributed by atoms with van der Waals surface area (Å²) in [7, 11) is 0. The van der Waals surface area contributed by atoms with Crippen molar-refractivity contribution in [1.82, 2.24) is 0 Å². The molecule has 14 rings (SSSR count). The molecule has 0 saturated heterocycles. The average Bonchev–Trinajstić information content (AvgIpc) is 4.09. The van der Waals surface area contributed by atoms with Crippen LogP contribution in [0, 0.1) is 0 Å². The quantitative estimate of drug-likeness (QED) is 0.173. The monoisotopic (exact) mass is 815 g/mol. The van der Waals surface area contributed by atoms with E-state index in [9.17, 15) is 0 Å². The minimum atomic E-state index is -0.482. The number of nitrogens with zero attached hydrogens (tertiary/aromatic N) is 1. The highest BCUT2D eigenvalue weighted by Gasteiger charge is 2.51. The van der Waals surface area contributed by atoms with Crippen molar-refractivity contribution in [3.05, 3.63) is 247 Å². The van der Waals surface area contributed by atoms with Gasteiger partial charge in [0.15, 0.2) is 0 Å². The molecule has 0 saturated carbocycles. The van der Waals surface area contributed by atoms with Crippen molar-refractivity contribution >= 4 is 60.9 Å². The van der Waals surface area contributed by atoms with Gasteiger partial charge in [0.05, 0.1) is 16.5 Å². The van der Waals surface area contributed by atoms with E-state index in [0.717, 1.165) is 72.1 Å². The van der Waals surface area contributed by atoms with Crippen LogP contribution in [0.25, 0.3) is 88.4 Å². The molecule has 2 aliphatic carbocycles. The normalized spacial score (nSPS) is 13.1. The number of hydrogen-bond acceptors (Lipinski definition) is 3.